The predicted molar refractivity (Wildman–Crippen MR) is 90.4 cm³/mol. The number of nitrogens with one attached hydrogen (secondary N) is 1. The Hall–Kier alpha value is -2.67. The molecule has 0 fully saturated rings. The lowest BCUT2D eigenvalue weighted by molar-refractivity contribution is -0.123. The van der Waals surface area contributed by atoms with Crippen molar-refractivity contribution in [2.75, 3.05) is 13.2 Å². The summed E-state index contributed by atoms with van der Waals surface area (Å²) in [5.41, 5.74) is 1.99. The van der Waals surface area contributed by atoms with E-state index in [1.165, 1.54) is 12.1 Å². The molecule has 0 saturated heterocycles. The Balaban J connectivity index is 1.41. The van der Waals surface area contributed by atoms with E-state index in [-0.39, 0.29) is 18.3 Å². The number of para-hydroxylation sites is 1. The number of thiophene rings is 1. The van der Waals surface area contributed by atoms with Crippen LogP contribution in [0.2, 0.25) is 0 Å². The number of hydrogen-bond donors (Lipinski definition) is 1. The average Bonchev–Trinajstić information content (AvgIpc) is 3.25. The van der Waals surface area contributed by atoms with Crippen molar-refractivity contribution in [2.24, 2.45) is 0 Å². The van der Waals surface area contributed by atoms with Gasteiger partial charge in [-0.1, -0.05) is 12.1 Å². The maximum atomic E-state index is 13.4. The van der Waals surface area contributed by atoms with Crippen molar-refractivity contribution < 1.29 is 13.9 Å². The Morgan fingerprint density at radius 2 is 2.17 bits per heavy atom. The number of aromatic nitrogens is 2. The zero-order valence-electron chi connectivity index (χ0n) is 12.8. The minimum absolute atomic E-state index is 0.0696. The zero-order chi connectivity index (χ0) is 16.8. The smallest absolute Gasteiger partial charge is 0.258 e. The van der Waals surface area contributed by atoms with E-state index in [0.717, 1.165) is 11.3 Å². The van der Waals surface area contributed by atoms with E-state index >= 15 is 0 Å². The molecule has 0 aliphatic rings. The molecule has 2 aromatic heterocycles. The number of amides is 1. The second-order valence-electron chi connectivity index (χ2n) is 5.05. The van der Waals surface area contributed by atoms with Crippen LogP contribution < -0.4 is 10.1 Å². The Morgan fingerprint density at radius 3 is 2.96 bits per heavy atom. The molecule has 0 spiro atoms. The number of carbonyl (C=O) groups excluding carboxylic acids is 1. The Kier molecular flexibility index (Phi) is 5.22. The molecular weight excluding hydrogens is 329 g/mol. The van der Waals surface area contributed by atoms with Crippen molar-refractivity contribution in [3.8, 4) is 17.0 Å². The summed E-state index contributed by atoms with van der Waals surface area (Å²) in [4.78, 5) is 11.7. The highest BCUT2D eigenvalue weighted by molar-refractivity contribution is 7.08. The summed E-state index contributed by atoms with van der Waals surface area (Å²) in [6, 6.07) is 9.94. The summed E-state index contributed by atoms with van der Waals surface area (Å²) in [6.45, 7) is 0.750. The summed E-state index contributed by atoms with van der Waals surface area (Å²) in [5, 5.41) is 11.2. The third-order valence-electron chi connectivity index (χ3n) is 3.32. The van der Waals surface area contributed by atoms with Gasteiger partial charge in [-0.3, -0.25) is 9.48 Å². The highest BCUT2D eigenvalue weighted by Crippen LogP contribution is 2.19. The fourth-order valence-electron chi connectivity index (χ4n) is 2.12. The van der Waals surface area contributed by atoms with Crippen LogP contribution in [0, 0.1) is 5.82 Å². The normalized spacial score (nSPS) is 10.5. The molecule has 0 atom stereocenters. The fourth-order valence-corrected chi connectivity index (χ4v) is 2.77. The van der Waals surface area contributed by atoms with Crippen LogP contribution in [0.1, 0.15) is 0 Å². The first-order valence-corrected chi connectivity index (χ1v) is 8.37. The fraction of sp³-hybridized carbons (Fsp3) is 0.176. The molecular formula is C17H16FN3O2S. The van der Waals surface area contributed by atoms with Gasteiger partial charge in [0.1, 0.15) is 0 Å². The van der Waals surface area contributed by atoms with Crippen LogP contribution in [-0.2, 0) is 11.3 Å². The number of carbonyl (C=O) groups is 1. The summed E-state index contributed by atoms with van der Waals surface area (Å²) < 4.78 is 20.3. The zero-order valence-corrected chi connectivity index (χ0v) is 13.6. The second kappa shape index (κ2) is 7.74. The number of rotatable bonds is 7. The van der Waals surface area contributed by atoms with Crippen LogP contribution >= 0.6 is 11.3 Å². The molecule has 24 heavy (non-hydrogen) atoms. The highest BCUT2D eigenvalue weighted by Gasteiger charge is 2.06. The Labute approximate surface area is 142 Å². The molecule has 0 aliphatic carbocycles. The van der Waals surface area contributed by atoms with Gasteiger partial charge >= 0.3 is 0 Å². The van der Waals surface area contributed by atoms with Gasteiger partial charge in [0.2, 0.25) is 0 Å². The molecule has 1 amide bonds. The summed E-state index contributed by atoms with van der Waals surface area (Å²) in [5.74, 6) is -0.716. The third kappa shape index (κ3) is 4.20. The van der Waals surface area contributed by atoms with Gasteiger partial charge in [-0.2, -0.15) is 16.4 Å². The molecule has 0 radical (unpaired) electrons. The van der Waals surface area contributed by atoms with Crippen molar-refractivity contribution in [3.63, 3.8) is 0 Å². The quantitative estimate of drug-likeness (QED) is 0.716. The second-order valence-corrected chi connectivity index (χ2v) is 5.83. The van der Waals surface area contributed by atoms with Gasteiger partial charge in [0, 0.05) is 23.7 Å². The lowest BCUT2D eigenvalue weighted by Crippen LogP contribution is -2.31. The number of nitrogens with zero attached hydrogens (tertiary/aromatic N) is 2. The monoisotopic (exact) mass is 345 g/mol. The minimum atomic E-state index is -0.484. The van der Waals surface area contributed by atoms with Crippen molar-refractivity contribution >= 4 is 17.2 Å². The first kappa shape index (κ1) is 16.2. The maximum absolute atomic E-state index is 13.4. The van der Waals surface area contributed by atoms with E-state index in [1.54, 1.807) is 28.2 Å². The molecule has 3 rings (SSSR count). The van der Waals surface area contributed by atoms with E-state index in [0.29, 0.717) is 13.1 Å². The molecule has 5 nitrogen and oxygen atoms in total. The largest absolute Gasteiger partial charge is 0.481 e. The molecule has 3 aromatic rings. The lowest BCUT2D eigenvalue weighted by Gasteiger charge is -2.08. The number of benzene rings is 1. The van der Waals surface area contributed by atoms with Crippen molar-refractivity contribution in [2.45, 2.75) is 6.54 Å². The van der Waals surface area contributed by atoms with Crippen LogP contribution in [-0.4, -0.2) is 28.8 Å². The van der Waals surface area contributed by atoms with E-state index in [1.807, 2.05) is 29.1 Å². The van der Waals surface area contributed by atoms with Crippen LogP contribution in [0.3, 0.4) is 0 Å². The first-order chi connectivity index (χ1) is 11.7. The van der Waals surface area contributed by atoms with Crippen LogP contribution in [0.5, 0.6) is 5.75 Å². The third-order valence-corrected chi connectivity index (χ3v) is 4.00. The van der Waals surface area contributed by atoms with Crippen LogP contribution in [0.25, 0.3) is 11.3 Å². The van der Waals surface area contributed by atoms with E-state index < -0.39 is 5.82 Å². The van der Waals surface area contributed by atoms with Crippen molar-refractivity contribution in [1.29, 1.82) is 0 Å². The van der Waals surface area contributed by atoms with Gasteiger partial charge in [0.15, 0.2) is 18.2 Å². The molecule has 124 valence electrons. The molecule has 0 bridgehead atoms. The standard InChI is InChI=1S/C17H16FN3O2S/c18-14-3-1-2-4-16(14)23-11-17(22)19-7-9-21-8-5-15(20-21)13-6-10-24-12-13/h1-6,8,10,12H,7,9,11H2,(H,19,22). The molecule has 2 heterocycles. The first-order valence-electron chi connectivity index (χ1n) is 7.42. The molecule has 0 aliphatic heterocycles. The van der Waals surface area contributed by atoms with E-state index in [9.17, 15) is 9.18 Å². The van der Waals surface area contributed by atoms with Gasteiger partial charge in [0.05, 0.1) is 12.2 Å². The molecule has 0 unspecified atom stereocenters. The van der Waals surface area contributed by atoms with Gasteiger partial charge in [0.25, 0.3) is 5.91 Å². The van der Waals surface area contributed by atoms with Gasteiger partial charge in [-0.25, -0.2) is 4.39 Å². The van der Waals surface area contributed by atoms with Gasteiger partial charge in [-0.05, 0) is 29.6 Å². The lowest BCUT2D eigenvalue weighted by atomic mass is 10.2. The summed E-state index contributed by atoms with van der Waals surface area (Å²) in [7, 11) is 0. The van der Waals surface area contributed by atoms with Crippen molar-refractivity contribution in [1.82, 2.24) is 15.1 Å². The van der Waals surface area contributed by atoms with Crippen LogP contribution in [0.4, 0.5) is 4.39 Å². The Bertz CT molecular complexity index is 802. The number of halogens is 1. The predicted octanol–water partition coefficient (Wildman–Crippen LogP) is 2.95. The van der Waals surface area contributed by atoms with Gasteiger partial charge in [-0.15, -0.1) is 0 Å². The van der Waals surface area contributed by atoms with Crippen molar-refractivity contribution in [3.05, 3.63) is 59.2 Å². The number of hydrogen-bond acceptors (Lipinski definition) is 4. The van der Waals surface area contributed by atoms with E-state index in [4.69, 9.17) is 4.74 Å². The van der Waals surface area contributed by atoms with Gasteiger partial charge < -0.3 is 10.1 Å². The summed E-state index contributed by atoms with van der Waals surface area (Å²) >= 11 is 1.62. The number of ether oxygens (including phenoxy) is 1. The SMILES string of the molecule is O=C(COc1ccccc1F)NCCn1ccc(-c2ccsc2)n1. The highest BCUT2D eigenvalue weighted by atomic mass is 32.1. The minimum Gasteiger partial charge on any atom is -0.481 e. The molecule has 1 N–H and O–H groups in total. The Morgan fingerprint density at radius 1 is 1.29 bits per heavy atom. The van der Waals surface area contributed by atoms with E-state index in [2.05, 4.69) is 10.4 Å². The molecule has 1 aromatic carbocycles. The summed E-state index contributed by atoms with van der Waals surface area (Å²) in [6.07, 6.45) is 1.87. The average molecular weight is 345 g/mol. The molecule has 0 saturated carbocycles. The maximum Gasteiger partial charge on any atom is 0.258 e. The van der Waals surface area contributed by atoms with Crippen LogP contribution in [0.15, 0.2) is 53.4 Å². The topological polar surface area (TPSA) is 56.1 Å². The molecule has 7 heteroatoms.